The molecule has 0 spiro atoms. The first-order valence-electron chi connectivity index (χ1n) is 3.01. The average molecular weight is 277 g/mol. The summed E-state index contributed by atoms with van der Waals surface area (Å²) in [5, 5.41) is 11.2. The highest BCUT2D eigenvalue weighted by molar-refractivity contribution is 14.1. The lowest BCUT2D eigenvalue weighted by Gasteiger charge is -1.96. The van der Waals surface area contributed by atoms with E-state index in [1.54, 1.807) is 6.07 Å². The molecule has 0 saturated carbocycles. The van der Waals surface area contributed by atoms with Crippen molar-refractivity contribution in [2.24, 2.45) is 5.18 Å². The molecule has 0 radical (unpaired) electrons. The molecule has 0 heterocycles. The van der Waals surface area contributed by atoms with Gasteiger partial charge in [0.2, 0.25) is 0 Å². The van der Waals surface area contributed by atoms with E-state index in [4.69, 9.17) is 5.11 Å². The highest BCUT2D eigenvalue weighted by atomic mass is 127. The molecule has 0 aromatic heterocycles. The van der Waals surface area contributed by atoms with Crippen LogP contribution < -0.4 is 0 Å². The topological polar surface area (TPSA) is 66.7 Å². The molecule has 62 valence electrons. The van der Waals surface area contributed by atoms with Gasteiger partial charge >= 0.3 is 5.97 Å². The third kappa shape index (κ3) is 1.79. The smallest absolute Gasteiger partial charge is 0.335 e. The fourth-order valence-electron chi connectivity index (χ4n) is 0.716. The molecule has 1 rings (SSSR count). The third-order valence-corrected chi connectivity index (χ3v) is 2.20. The summed E-state index contributed by atoms with van der Waals surface area (Å²) in [7, 11) is 0. The molecule has 4 nitrogen and oxygen atoms in total. The number of halogens is 1. The normalized spacial score (nSPS) is 9.42. The number of carboxylic acid groups (broad SMARTS) is 1. The number of benzene rings is 1. The van der Waals surface area contributed by atoms with Crippen molar-refractivity contribution in [2.75, 3.05) is 0 Å². The van der Waals surface area contributed by atoms with E-state index in [0.29, 0.717) is 3.57 Å². The lowest BCUT2D eigenvalue weighted by Crippen LogP contribution is -1.95. The van der Waals surface area contributed by atoms with Crippen molar-refractivity contribution in [3.05, 3.63) is 32.2 Å². The van der Waals surface area contributed by atoms with Gasteiger partial charge < -0.3 is 5.11 Å². The Kier molecular flexibility index (Phi) is 2.74. The Morgan fingerprint density at radius 1 is 1.50 bits per heavy atom. The van der Waals surface area contributed by atoms with Crippen molar-refractivity contribution >= 4 is 34.2 Å². The maximum atomic E-state index is 10.4. The Morgan fingerprint density at radius 2 is 2.17 bits per heavy atom. The van der Waals surface area contributed by atoms with Gasteiger partial charge in [0.1, 0.15) is 5.69 Å². The van der Waals surface area contributed by atoms with E-state index >= 15 is 0 Å². The zero-order valence-electron chi connectivity index (χ0n) is 5.82. The molecule has 0 fully saturated rings. The van der Waals surface area contributed by atoms with E-state index in [0.717, 1.165) is 0 Å². The summed E-state index contributed by atoms with van der Waals surface area (Å²) >= 11 is 1.91. The Morgan fingerprint density at radius 3 is 2.67 bits per heavy atom. The first-order valence-corrected chi connectivity index (χ1v) is 4.09. The van der Waals surface area contributed by atoms with Gasteiger partial charge in [0.05, 0.1) is 5.56 Å². The second-order valence-corrected chi connectivity index (χ2v) is 3.22. The Hall–Kier alpha value is -0.980. The maximum absolute atomic E-state index is 10.4. The summed E-state index contributed by atoms with van der Waals surface area (Å²) in [6.45, 7) is 0. The van der Waals surface area contributed by atoms with Gasteiger partial charge in [-0.15, -0.1) is 4.91 Å². The van der Waals surface area contributed by atoms with Crippen molar-refractivity contribution < 1.29 is 9.90 Å². The minimum atomic E-state index is -1.06. The molecule has 1 aromatic rings. The van der Waals surface area contributed by atoms with Crippen LogP contribution in [0.3, 0.4) is 0 Å². The van der Waals surface area contributed by atoms with Crippen LogP contribution in [0.15, 0.2) is 23.4 Å². The van der Waals surface area contributed by atoms with E-state index in [2.05, 4.69) is 5.18 Å². The number of aromatic carboxylic acids is 1. The van der Waals surface area contributed by atoms with Crippen LogP contribution in [0.4, 0.5) is 5.69 Å². The molecule has 5 heteroatoms. The molecule has 0 bridgehead atoms. The summed E-state index contributed by atoms with van der Waals surface area (Å²) in [5.41, 5.74) is 0.237. The predicted molar refractivity (Wildman–Crippen MR) is 51.6 cm³/mol. The van der Waals surface area contributed by atoms with Gasteiger partial charge in [-0.3, -0.25) is 0 Å². The van der Waals surface area contributed by atoms with Gasteiger partial charge in [0.25, 0.3) is 0 Å². The molecule has 0 aliphatic carbocycles. The molecule has 0 aliphatic heterocycles. The number of nitroso groups, excluding NO2 is 1. The largest absolute Gasteiger partial charge is 0.478 e. The Labute approximate surface area is 81.7 Å². The lowest BCUT2D eigenvalue weighted by molar-refractivity contribution is 0.0697. The fourth-order valence-corrected chi connectivity index (χ4v) is 1.15. The van der Waals surface area contributed by atoms with Crippen LogP contribution in [0.2, 0.25) is 0 Å². The zero-order valence-corrected chi connectivity index (χ0v) is 7.98. The van der Waals surface area contributed by atoms with Crippen LogP contribution in [0.25, 0.3) is 0 Å². The molecular weight excluding hydrogens is 273 g/mol. The van der Waals surface area contributed by atoms with Gasteiger partial charge in [-0.05, 0) is 46.0 Å². The molecule has 0 saturated heterocycles. The van der Waals surface area contributed by atoms with Crippen LogP contribution in [0.1, 0.15) is 10.4 Å². The van der Waals surface area contributed by atoms with Gasteiger partial charge in [0, 0.05) is 3.57 Å². The summed E-state index contributed by atoms with van der Waals surface area (Å²) in [6, 6.07) is 4.22. The van der Waals surface area contributed by atoms with Crippen LogP contribution in [-0.4, -0.2) is 11.1 Å². The monoisotopic (exact) mass is 277 g/mol. The molecular formula is C7H4INO3. The Balaban J connectivity index is 3.22. The van der Waals surface area contributed by atoms with Gasteiger partial charge in [0.15, 0.2) is 0 Å². The molecule has 1 aromatic carbocycles. The van der Waals surface area contributed by atoms with E-state index in [-0.39, 0.29) is 11.3 Å². The minimum absolute atomic E-state index is 0.0741. The number of nitrogens with zero attached hydrogens (tertiary/aromatic N) is 1. The standard InChI is InChI=1S/C7H4INO3/c8-5-2-1-4(7(10)11)3-6(5)9-12/h1-3H,(H,10,11). The second-order valence-electron chi connectivity index (χ2n) is 2.06. The highest BCUT2D eigenvalue weighted by Gasteiger charge is 2.06. The van der Waals surface area contributed by atoms with Crippen LogP contribution in [0.5, 0.6) is 0 Å². The SMILES string of the molecule is O=Nc1cc(C(=O)O)ccc1I. The molecule has 0 amide bonds. The first-order chi connectivity index (χ1) is 5.65. The molecule has 12 heavy (non-hydrogen) atoms. The Bertz CT molecular complexity index is 337. The molecule has 1 N–H and O–H groups in total. The predicted octanol–water partition coefficient (Wildman–Crippen LogP) is 2.39. The molecule has 0 atom stereocenters. The number of hydrogen-bond donors (Lipinski definition) is 1. The number of carbonyl (C=O) groups is 1. The fraction of sp³-hybridized carbons (Fsp3) is 0. The van der Waals surface area contributed by atoms with Crippen molar-refractivity contribution in [1.82, 2.24) is 0 Å². The third-order valence-electron chi connectivity index (χ3n) is 1.29. The van der Waals surface area contributed by atoms with Crippen LogP contribution in [0, 0.1) is 8.48 Å². The van der Waals surface area contributed by atoms with Crippen molar-refractivity contribution in [3.8, 4) is 0 Å². The molecule has 0 unspecified atom stereocenters. The van der Waals surface area contributed by atoms with Crippen LogP contribution >= 0.6 is 22.6 Å². The number of hydrogen-bond acceptors (Lipinski definition) is 3. The summed E-state index contributed by atoms with van der Waals surface area (Å²) in [5.74, 6) is -1.06. The maximum Gasteiger partial charge on any atom is 0.335 e. The van der Waals surface area contributed by atoms with E-state index < -0.39 is 5.97 Å². The highest BCUT2D eigenvalue weighted by Crippen LogP contribution is 2.22. The summed E-state index contributed by atoms with van der Waals surface area (Å²) in [6.07, 6.45) is 0. The molecule has 0 aliphatic rings. The lowest BCUT2D eigenvalue weighted by atomic mass is 10.2. The van der Waals surface area contributed by atoms with Gasteiger partial charge in [-0.2, -0.15) is 0 Å². The van der Waals surface area contributed by atoms with Crippen molar-refractivity contribution in [2.45, 2.75) is 0 Å². The summed E-state index contributed by atoms with van der Waals surface area (Å²) < 4.78 is 0.646. The van der Waals surface area contributed by atoms with Crippen molar-refractivity contribution in [3.63, 3.8) is 0 Å². The van der Waals surface area contributed by atoms with E-state index in [9.17, 15) is 9.70 Å². The summed E-state index contributed by atoms with van der Waals surface area (Å²) in [4.78, 5) is 20.6. The zero-order chi connectivity index (χ0) is 9.14. The first kappa shape index (κ1) is 9.11. The van der Waals surface area contributed by atoms with E-state index in [1.165, 1.54) is 12.1 Å². The number of rotatable bonds is 2. The van der Waals surface area contributed by atoms with E-state index in [1.807, 2.05) is 22.6 Å². The van der Waals surface area contributed by atoms with Crippen LogP contribution in [-0.2, 0) is 0 Å². The second kappa shape index (κ2) is 3.61. The van der Waals surface area contributed by atoms with Gasteiger partial charge in [-0.25, -0.2) is 4.79 Å². The van der Waals surface area contributed by atoms with Gasteiger partial charge in [-0.1, -0.05) is 0 Å². The quantitative estimate of drug-likeness (QED) is 0.666. The minimum Gasteiger partial charge on any atom is -0.478 e. The number of carboxylic acids is 1. The van der Waals surface area contributed by atoms with Crippen molar-refractivity contribution in [1.29, 1.82) is 0 Å². The average Bonchev–Trinajstić information content (AvgIpc) is 2.05.